The van der Waals surface area contributed by atoms with Crippen molar-refractivity contribution in [2.75, 3.05) is 0 Å². The summed E-state index contributed by atoms with van der Waals surface area (Å²) in [6, 6.07) is 0. The van der Waals surface area contributed by atoms with E-state index in [4.69, 9.17) is 24.0 Å². The molecule has 0 aromatic rings. The molecular formula is C5H5Fe2O5. The van der Waals surface area contributed by atoms with Gasteiger partial charge in [-0.25, -0.2) is 0 Å². The van der Waals surface area contributed by atoms with Crippen LogP contribution in [0.15, 0.2) is 0 Å². The summed E-state index contributed by atoms with van der Waals surface area (Å²) in [4.78, 5) is 38.8. The molecule has 1 radical (unpaired) electrons. The predicted molar refractivity (Wildman–Crippen MR) is 33.8 cm³/mol. The molecule has 0 aliphatic heterocycles. The molecule has 0 unspecified atom stereocenters. The Morgan fingerprint density at radius 3 is 0.417 bits per heavy atom. The van der Waals surface area contributed by atoms with Crippen molar-refractivity contribution in [2.24, 2.45) is 0 Å². The summed E-state index contributed by atoms with van der Waals surface area (Å²) in [5.74, 6) is 0. The second-order valence-electron chi connectivity index (χ2n) is 0. The average Bonchev–Trinajstić information content (AvgIpc) is 2.20. The van der Waals surface area contributed by atoms with Crippen molar-refractivity contribution in [3.05, 3.63) is 0 Å². The largest absolute Gasteiger partial charge is 5.00 e. The Labute approximate surface area is 92.2 Å². The van der Waals surface area contributed by atoms with Crippen LogP contribution in [0.1, 0.15) is 0 Å². The third-order valence-corrected chi connectivity index (χ3v) is 0. The number of rotatable bonds is 0. The van der Waals surface area contributed by atoms with Gasteiger partial charge in [0.2, 0.25) is 0 Å². The quantitative estimate of drug-likeness (QED) is 0.303. The zero-order valence-corrected chi connectivity index (χ0v) is 7.84. The molecule has 0 rings (SSSR count). The second-order valence-corrected chi connectivity index (χ2v) is 0. The monoisotopic (exact) mass is 257 g/mol. The molecule has 0 aromatic carbocycles. The minimum absolute atomic E-state index is 0. The van der Waals surface area contributed by atoms with Gasteiger partial charge in [0.25, 0.3) is 0 Å². The smallest absolute Gasteiger partial charge is 0.545 e. The molecule has 0 spiro atoms. The van der Waals surface area contributed by atoms with Crippen molar-refractivity contribution >= 4 is 33.9 Å². The molecule has 0 atom stereocenters. The molecule has 0 aliphatic rings. The topological polar surface area (TPSA) is 85.3 Å². The van der Waals surface area contributed by atoms with Crippen molar-refractivity contribution in [1.29, 1.82) is 0 Å². The molecule has 0 aromatic heterocycles. The Morgan fingerprint density at radius 2 is 0.417 bits per heavy atom. The normalized spacial score (nSPS) is 1.67. The van der Waals surface area contributed by atoms with E-state index in [1.165, 1.54) is 0 Å². The standard InChI is InChI=1S/5CHO.2Fe/c5*1-2;;/h5*1H;;/q5*-1;;+5. The van der Waals surface area contributed by atoms with E-state index >= 15 is 0 Å². The van der Waals surface area contributed by atoms with E-state index in [1.54, 1.807) is 0 Å². The van der Waals surface area contributed by atoms with Gasteiger partial charge in [0.1, 0.15) is 0 Å². The van der Waals surface area contributed by atoms with Crippen LogP contribution in [-0.4, -0.2) is 33.9 Å². The molecule has 0 heterocycles. The second kappa shape index (κ2) is 2450. The van der Waals surface area contributed by atoms with Gasteiger partial charge in [0.15, 0.2) is 0 Å². The summed E-state index contributed by atoms with van der Waals surface area (Å²) in [6.45, 7) is 16.2. The first-order valence-electron chi connectivity index (χ1n) is 1.18. The minimum Gasteiger partial charge on any atom is -0.545 e. The van der Waals surface area contributed by atoms with Crippen molar-refractivity contribution in [3.63, 3.8) is 0 Å². The molecule has 5 nitrogen and oxygen atoms in total. The molecule has 7 heteroatoms. The predicted octanol–water partition coefficient (Wildman–Crippen LogP) is -1.38. The SMILES string of the molecule is [CH-]=O.[CH-]=O.[CH-]=O.[CH-]=O.[CH-]=O.[Fe+5].[Fe]. The van der Waals surface area contributed by atoms with Gasteiger partial charge in [-0.2, -0.15) is 0 Å². The van der Waals surface area contributed by atoms with Crippen LogP contribution < -0.4 is 0 Å². The van der Waals surface area contributed by atoms with Crippen LogP contribution in [0.25, 0.3) is 0 Å². The van der Waals surface area contributed by atoms with Crippen LogP contribution in [0.5, 0.6) is 0 Å². The molecule has 0 saturated heterocycles. The fourth-order valence-corrected chi connectivity index (χ4v) is 0. The van der Waals surface area contributed by atoms with E-state index in [1.807, 2.05) is 0 Å². The summed E-state index contributed by atoms with van der Waals surface area (Å²) >= 11 is 0. The van der Waals surface area contributed by atoms with E-state index in [9.17, 15) is 0 Å². The molecule has 12 heavy (non-hydrogen) atoms. The molecular weight excluding hydrogens is 252 g/mol. The van der Waals surface area contributed by atoms with Crippen molar-refractivity contribution < 1.29 is 58.1 Å². The number of hydrogen-bond acceptors (Lipinski definition) is 5. The Balaban J connectivity index is -0.00000000500. The zero-order chi connectivity index (χ0) is 10.0. The Kier molecular flexibility index (Phi) is 13000. The minimum atomic E-state index is 0. The van der Waals surface area contributed by atoms with Crippen LogP contribution in [0.3, 0.4) is 0 Å². The Morgan fingerprint density at radius 1 is 0.417 bits per heavy atom. The summed E-state index contributed by atoms with van der Waals surface area (Å²) < 4.78 is 0. The summed E-state index contributed by atoms with van der Waals surface area (Å²) in [6.07, 6.45) is 0. The van der Waals surface area contributed by atoms with E-state index in [0.717, 1.165) is 0 Å². The average molecular weight is 257 g/mol. The van der Waals surface area contributed by atoms with E-state index < -0.39 is 0 Å². The molecule has 0 aliphatic carbocycles. The van der Waals surface area contributed by atoms with Crippen LogP contribution >= 0.6 is 0 Å². The van der Waals surface area contributed by atoms with Crippen LogP contribution in [-0.2, 0) is 58.1 Å². The molecule has 0 N–H and O–H groups in total. The third kappa shape index (κ3) is 1770. The zero-order valence-electron chi connectivity index (χ0n) is 5.64. The van der Waals surface area contributed by atoms with Gasteiger partial charge in [-0.05, 0) is 0 Å². The van der Waals surface area contributed by atoms with Crippen molar-refractivity contribution in [3.8, 4) is 0 Å². The summed E-state index contributed by atoms with van der Waals surface area (Å²) in [5, 5.41) is 0. The van der Waals surface area contributed by atoms with Gasteiger partial charge in [-0.3, -0.25) is 33.9 Å². The summed E-state index contributed by atoms with van der Waals surface area (Å²) in [7, 11) is 0. The fraction of sp³-hybridized carbons (Fsp3) is 0. The van der Waals surface area contributed by atoms with Crippen LogP contribution in [0.4, 0.5) is 0 Å². The van der Waals surface area contributed by atoms with Crippen LogP contribution in [0.2, 0.25) is 0 Å². The maximum Gasteiger partial charge on any atom is 5.00 e. The first kappa shape index (κ1) is 63.8. The van der Waals surface area contributed by atoms with Gasteiger partial charge in [-0.1, -0.05) is 0 Å². The first-order valence-corrected chi connectivity index (χ1v) is 1.18. The van der Waals surface area contributed by atoms with Gasteiger partial charge in [-0.15, -0.1) is 0 Å². The number of hydrogen-bond donors (Lipinski definition) is 0. The van der Waals surface area contributed by atoms with E-state index in [2.05, 4.69) is 33.9 Å². The molecule has 0 saturated carbocycles. The Hall–Kier alpha value is -0.611. The maximum absolute atomic E-state index is 7.75. The first-order chi connectivity index (χ1) is 5.00. The molecule has 71 valence electrons. The van der Waals surface area contributed by atoms with Gasteiger partial charge in [0, 0.05) is 17.1 Å². The van der Waals surface area contributed by atoms with Gasteiger partial charge < -0.3 is 24.0 Å². The van der Waals surface area contributed by atoms with E-state index in [-0.39, 0.29) is 34.1 Å². The molecule has 0 amide bonds. The van der Waals surface area contributed by atoms with E-state index in [0.29, 0.717) is 0 Å². The number of carbonyl (C=O) groups excluding carboxylic acids is 5. The van der Waals surface area contributed by atoms with Crippen molar-refractivity contribution in [2.45, 2.75) is 0 Å². The molecule has 0 bridgehead atoms. The molecule has 0 fully saturated rings. The van der Waals surface area contributed by atoms with Gasteiger partial charge >= 0.3 is 17.1 Å². The summed E-state index contributed by atoms with van der Waals surface area (Å²) in [5.41, 5.74) is 0. The fourth-order valence-electron chi connectivity index (χ4n) is 0. The van der Waals surface area contributed by atoms with Crippen molar-refractivity contribution in [1.82, 2.24) is 0 Å². The maximum atomic E-state index is 7.75. The van der Waals surface area contributed by atoms with Crippen LogP contribution in [0, 0.1) is 0 Å². The third-order valence-electron chi connectivity index (χ3n) is 0. The Bertz CT molecular complexity index is 29.4. The van der Waals surface area contributed by atoms with Gasteiger partial charge in [0.05, 0.1) is 0 Å².